The lowest BCUT2D eigenvalue weighted by atomic mass is 9.99. The fraction of sp³-hybridized carbons (Fsp3) is 0. The van der Waals surface area contributed by atoms with Gasteiger partial charge in [0.1, 0.15) is 11.2 Å². The third-order valence-corrected chi connectivity index (χ3v) is 11.8. The summed E-state index contributed by atoms with van der Waals surface area (Å²) in [7, 11) is 0. The van der Waals surface area contributed by atoms with Gasteiger partial charge in [0.2, 0.25) is 0 Å². The van der Waals surface area contributed by atoms with E-state index in [4.69, 9.17) is 4.42 Å². The van der Waals surface area contributed by atoms with Gasteiger partial charge in [-0.15, -0.1) is 11.3 Å². The van der Waals surface area contributed by atoms with E-state index in [1.54, 1.807) is 0 Å². The molecule has 2 nitrogen and oxygen atoms in total. The van der Waals surface area contributed by atoms with Crippen molar-refractivity contribution < 1.29 is 4.42 Å². The summed E-state index contributed by atoms with van der Waals surface area (Å²) in [6, 6.07) is 67.8. The van der Waals surface area contributed by atoms with Crippen molar-refractivity contribution in [3.63, 3.8) is 0 Å². The van der Waals surface area contributed by atoms with Gasteiger partial charge in [0.15, 0.2) is 0 Å². The van der Waals surface area contributed by atoms with Gasteiger partial charge in [-0.3, -0.25) is 0 Å². The highest BCUT2D eigenvalue weighted by Crippen LogP contribution is 2.47. The van der Waals surface area contributed by atoms with Crippen molar-refractivity contribution in [2.45, 2.75) is 0 Å². The van der Waals surface area contributed by atoms with Gasteiger partial charge in [0.25, 0.3) is 0 Å². The van der Waals surface area contributed by atoms with Crippen LogP contribution in [0.3, 0.4) is 0 Å². The van der Waals surface area contributed by atoms with Crippen LogP contribution in [-0.4, -0.2) is 0 Å². The lowest BCUT2D eigenvalue weighted by Gasteiger charge is -2.28. The molecule has 2 aromatic heterocycles. The minimum Gasteiger partial charge on any atom is -0.456 e. The zero-order valence-electron chi connectivity index (χ0n) is 28.7. The third kappa shape index (κ3) is 4.86. The summed E-state index contributed by atoms with van der Waals surface area (Å²) >= 11 is 1.87. The number of nitrogens with zero attached hydrogens (tertiary/aromatic N) is 1. The first-order valence-corrected chi connectivity index (χ1v) is 18.8. The molecule has 53 heavy (non-hydrogen) atoms. The van der Waals surface area contributed by atoms with Crippen molar-refractivity contribution in [1.29, 1.82) is 0 Å². The monoisotopic (exact) mass is 693 g/mol. The molecule has 0 unspecified atom stereocenters. The number of hydrogen-bond acceptors (Lipinski definition) is 3. The van der Waals surface area contributed by atoms with Gasteiger partial charge in [-0.25, -0.2) is 0 Å². The van der Waals surface area contributed by atoms with Crippen molar-refractivity contribution in [3.8, 4) is 22.3 Å². The summed E-state index contributed by atoms with van der Waals surface area (Å²) in [5.41, 5.74) is 9.72. The largest absolute Gasteiger partial charge is 0.456 e. The Labute approximate surface area is 310 Å². The summed E-state index contributed by atoms with van der Waals surface area (Å²) in [5.74, 6) is 0. The summed E-state index contributed by atoms with van der Waals surface area (Å²) in [4.78, 5) is 2.36. The molecule has 0 fully saturated rings. The SMILES string of the molecule is c1ccc(-c2ccccc2N(c2ccc(-c3ccc4ccccc4c3)cc2)c2ccc3c(c2)oc2ccc4sc5c6ccccc6ccc5c4c23)cc1. The topological polar surface area (TPSA) is 16.4 Å². The van der Waals surface area contributed by atoms with E-state index in [-0.39, 0.29) is 0 Å². The number of anilines is 3. The molecular weight excluding hydrogens is 663 g/mol. The lowest BCUT2D eigenvalue weighted by molar-refractivity contribution is 0.669. The first kappa shape index (κ1) is 30.0. The van der Waals surface area contributed by atoms with E-state index < -0.39 is 0 Å². The first-order valence-electron chi connectivity index (χ1n) is 18.0. The molecular formula is C50H31NOS. The summed E-state index contributed by atoms with van der Waals surface area (Å²) in [6.07, 6.45) is 0. The maximum absolute atomic E-state index is 6.73. The van der Waals surface area contributed by atoms with E-state index in [1.165, 1.54) is 63.8 Å². The van der Waals surface area contributed by atoms with Crippen molar-refractivity contribution in [3.05, 3.63) is 188 Å². The number of rotatable bonds is 5. The molecule has 0 bridgehead atoms. The average Bonchev–Trinajstić information content (AvgIpc) is 3.80. The second kappa shape index (κ2) is 11.9. The molecule has 0 aliphatic rings. The van der Waals surface area contributed by atoms with Crippen molar-refractivity contribution in [1.82, 2.24) is 0 Å². The fourth-order valence-electron chi connectivity index (χ4n) is 8.12. The van der Waals surface area contributed by atoms with Gasteiger partial charge in [0, 0.05) is 53.9 Å². The predicted molar refractivity (Wildman–Crippen MR) is 227 cm³/mol. The fourth-order valence-corrected chi connectivity index (χ4v) is 9.36. The van der Waals surface area contributed by atoms with E-state index in [9.17, 15) is 0 Å². The Morgan fingerprint density at radius 1 is 0.396 bits per heavy atom. The Morgan fingerprint density at radius 3 is 1.98 bits per heavy atom. The molecule has 0 aliphatic heterocycles. The van der Waals surface area contributed by atoms with Gasteiger partial charge < -0.3 is 9.32 Å². The molecule has 0 saturated carbocycles. The number of fused-ring (bicyclic) bond motifs is 10. The van der Waals surface area contributed by atoms with Gasteiger partial charge >= 0.3 is 0 Å². The molecule has 0 saturated heterocycles. The molecule has 248 valence electrons. The molecule has 9 aromatic carbocycles. The van der Waals surface area contributed by atoms with Crippen LogP contribution in [0.5, 0.6) is 0 Å². The van der Waals surface area contributed by atoms with Crippen LogP contribution in [0.1, 0.15) is 0 Å². The molecule has 0 amide bonds. The van der Waals surface area contributed by atoms with Crippen LogP contribution in [-0.2, 0) is 0 Å². The maximum Gasteiger partial charge on any atom is 0.137 e. The van der Waals surface area contributed by atoms with Gasteiger partial charge in [-0.05, 0) is 86.8 Å². The number of hydrogen-bond donors (Lipinski definition) is 0. The lowest BCUT2D eigenvalue weighted by Crippen LogP contribution is -2.11. The van der Waals surface area contributed by atoms with E-state index in [2.05, 4.69) is 193 Å². The second-order valence-electron chi connectivity index (χ2n) is 13.7. The molecule has 0 radical (unpaired) electrons. The highest BCUT2D eigenvalue weighted by atomic mass is 32.1. The third-order valence-electron chi connectivity index (χ3n) is 10.6. The Bertz CT molecular complexity index is 3170. The standard InChI is InChI=1S/C50H31NOS/c1-2-11-34(12-3-1)40-15-8-9-17-44(40)51(38-23-20-33(21-24-38)37-19-18-32-10-4-5-14-36(32)30-37)39-25-27-42-46(31-39)52-45-28-29-47-49(48(42)45)43-26-22-35-13-6-7-16-41(35)50(43)53-47/h1-31H. The first-order chi connectivity index (χ1) is 26.3. The van der Waals surface area contributed by atoms with E-state index in [1.807, 2.05) is 11.3 Å². The minimum atomic E-state index is 0.875. The Hall–Kier alpha value is -6.68. The maximum atomic E-state index is 6.73. The van der Waals surface area contributed by atoms with Crippen LogP contribution in [0.15, 0.2) is 192 Å². The summed E-state index contributed by atoms with van der Waals surface area (Å²) in [6.45, 7) is 0. The van der Waals surface area contributed by atoms with Gasteiger partial charge in [-0.1, -0.05) is 133 Å². The van der Waals surface area contributed by atoms with E-state index in [0.29, 0.717) is 0 Å². The summed E-state index contributed by atoms with van der Waals surface area (Å²) in [5, 5.41) is 9.93. The van der Waals surface area contributed by atoms with Crippen LogP contribution >= 0.6 is 11.3 Å². The molecule has 0 N–H and O–H groups in total. The second-order valence-corrected chi connectivity index (χ2v) is 14.7. The predicted octanol–water partition coefficient (Wildman–Crippen LogP) is 15.1. The van der Waals surface area contributed by atoms with Crippen molar-refractivity contribution in [2.75, 3.05) is 4.90 Å². The Kier molecular flexibility index (Phi) is 6.76. The molecule has 11 rings (SSSR count). The zero-order valence-corrected chi connectivity index (χ0v) is 29.5. The molecule has 0 aliphatic carbocycles. The normalized spacial score (nSPS) is 11.8. The van der Waals surface area contributed by atoms with Crippen LogP contribution in [0, 0.1) is 0 Å². The van der Waals surface area contributed by atoms with Gasteiger partial charge in [-0.2, -0.15) is 0 Å². The highest BCUT2D eigenvalue weighted by molar-refractivity contribution is 7.27. The van der Waals surface area contributed by atoms with Gasteiger partial charge in [0.05, 0.1) is 5.69 Å². The van der Waals surface area contributed by atoms with E-state index in [0.717, 1.165) is 39.2 Å². The van der Waals surface area contributed by atoms with Crippen molar-refractivity contribution in [2.24, 2.45) is 0 Å². The minimum absolute atomic E-state index is 0.875. The number of para-hydroxylation sites is 1. The quantitative estimate of drug-likeness (QED) is 0.178. The number of benzene rings is 9. The van der Waals surface area contributed by atoms with Crippen LogP contribution in [0.4, 0.5) is 17.1 Å². The zero-order chi connectivity index (χ0) is 34.9. The molecule has 3 heteroatoms. The average molecular weight is 694 g/mol. The Morgan fingerprint density at radius 2 is 1.09 bits per heavy atom. The van der Waals surface area contributed by atoms with Crippen LogP contribution in [0.2, 0.25) is 0 Å². The smallest absolute Gasteiger partial charge is 0.137 e. The van der Waals surface area contributed by atoms with Crippen LogP contribution < -0.4 is 4.90 Å². The summed E-state index contributed by atoms with van der Waals surface area (Å²) < 4.78 is 9.34. The Balaban J connectivity index is 1.09. The number of thiophene rings is 1. The number of furan rings is 1. The van der Waals surface area contributed by atoms with Crippen LogP contribution in [0.25, 0.3) is 85.9 Å². The molecule has 2 heterocycles. The molecule has 11 aromatic rings. The molecule has 0 spiro atoms. The highest BCUT2D eigenvalue weighted by Gasteiger charge is 2.21. The molecule has 0 atom stereocenters. The van der Waals surface area contributed by atoms with E-state index >= 15 is 0 Å². The van der Waals surface area contributed by atoms with Crippen molar-refractivity contribution >= 4 is 92.1 Å².